The van der Waals surface area contributed by atoms with Gasteiger partial charge in [-0.25, -0.2) is 21.9 Å². The van der Waals surface area contributed by atoms with Crippen LogP contribution >= 0.6 is 0 Å². The number of hydrogen-bond acceptors (Lipinski definition) is 3. The minimum atomic E-state index is -4.07. The lowest BCUT2D eigenvalue weighted by Gasteiger charge is -2.36. The van der Waals surface area contributed by atoms with Crippen molar-refractivity contribution in [2.75, 3.05) is 6.54 Å². The fourth-order valence-electron chi connectivity index (χ4n) is 1.76. The van der Waals surface area contributed by atoms with Crippen LogP contribution in [0.1, 0.15) is 19.3 Å². The van der Waals surface area contributed by atoms with Crippen LogP contribution in [0.25, 0.3) is 0 Å². The fraction of sp³-hybridized carbons (Fsp3) is 0.455. The van der Waals surface area contributed by atoms with Gasteiger partial charge >= 0.3 is 0 Å². The minimum absolute atomic E-state index is 0.161. The Labute approximate surface area is 104 Å². The zero-order valence-corrected chi connectivity index (χ0v) is 10.3. The molecule has 1 aromatic carbocycles. The highest BCUT2D eigenvalue weighted by atomic mass is 32.2. The molecule has 7 heteroatoms. The molecule has 0 bridgehead atoms. The Morgan fingerprint density at radius 3 is 2.50 bits per heavy atom. The van der Waals surface area contributed by atoms with Crippen LogP contribution in [0.15, 0.2) is 23.1 Å². The predicted molar refractivity (Wildman–Crippen MR) is 60.3 cm³/mol. The van der Waals surface area contributed by atoms with Gasteiger partial charge in [-0.15, -0.1) is 0 Å². The summed E-state index contributed by atoms with van der Waals surface area (Å²) in [5.74, 6) is -1.99. The highest BCUT2D eigenvalue weighted by Gasteiger charge is 2.35. The van der Waals surface area contributed by atoms with Crippen molar-refractivity contribution in [3.8, 4) is 0 Å². The summed E-state index contributed by atoms with van der Waals surface area (Å²) in [5.41, 5.74) is -1.04. The first kappa shape index (κ1) is 13.4. The molecule has 0 amide bonds. The van der Waals surface area contributed by atoms with Crippen LogP contribution in [0.3, 0.4) is 0 Å². The highest BCUT2D eigenvalue weighted by molar-refractivity contribution is 7.89. The van der Waals surface area contributed by atoms with Gasteiger partial charge < -0.3 is 5.11 Å². The second-order valence-electron chi connectivity index (χ2n) is 4.48. The quantitative estimate of drug-likeness (QED) is 0.868. The average molecular weight is 277 g/mol. The van der Waals surface area contributed by atoms with Crippen LogP contribution in [-0.2, 0) is 10.0 Å². The summed E-state index contributed by atoms with van der Waals surface area (Å²) in [5, 5.41) is 9.75. The number of hydrogen-bond donors (Lipinski definition) is 2. The van der Waals surface area contributed by atoms with E-state index in [1.165, 1.54) is 0 Å². The summed E-state index contributed by atoms with van der Waals surface area (Å²) < 4.78 is 51.7. The summed E-state index contributed by atoms with van der Waals surface area (Å²) in [7, 11) is -4.07. The van der Waals surface area contributed by atoms with Gasteiger partial charge in [0.25, 0.3) is 0 Å². The SMILES string of the molecule is O=S(=O)(NCC1(O)CCC1)c1ccc(F)cc1F. The molecule has 0 aromatic heterocycles. The maximum absolute atomic E-state index is 13.3. The van der Waals surface area contributed by atoms with Crippen molar-refractivity contribution in [1.82, 2.24) is 4.72 Å². The Hall–Kier alpha value is -1.05. The molecule has 1 aromatic rings. The van der Waals surface area contributed by atoms with E-state index in [-0.39, 0.29) is 6.54 Å². The molecule has 0 heterocycles. The molecule has 1 aliphatic carbocycles. The number of nitrogens with one attached hydrogen (secondary N) is 1. The van der Waals surface area contributed by atoms with Crippen LogP contribution in [-0.4, -0.2) is 25.7 Å². The summed E-state index contributed by atoms with van der Waals surface area (Å²) in [6.45, 7) is -0.161. The van der Waals surface area contributed by atoms with Crippen molar-refractivity contribution < 1.29 is 22.3 Å². The van der Waals surface area contributed by atoms with Gasteiger partial charge in [0.1, 0.15) is 16.5 Å². The van der Waals surface area contributed by atoms with Crippen molar-refractivity contribution in [1.29, 1.82) is 0 Å². The predicted octanol–water partition coefficient (Wildman–Crippen LogP) is 1.16. The molecule has 18 heavy (non-hydrogen) atoms. The van der Waals surface area contributed by atoms with E-state index in [4.69, 9.17) is 0 Å². The Morgan fingerprint density at radius 1 is 1.33 bits per heavy atom. The lowest BCUT2D eigenvalue weighted by molar-refractivity contribution is -0.0271. The zero-order valence-electron chi connectivity index (χ0n) is 9.49. The van der Waals surface area contributed by atoms with Crippen LogP contribution in [0, 0.1) is 11.6 Å². The number of benzene rings is 1. The number of aliphatic hydroxyl groups is 1. The molecule has 0 unspecified atom stereocenters. The van der Waals surface area contributed by atoms with E-state index in [9.17, 15) is 22.3 Å². The molecule has 0 radical (unpaired) electrons. The lowest BCUT2D eigenvalue weighted by Crippen LogP contribution is -2.47. The number of rotatable bonds is 4. The lowest BCUT2D eigenvalue weighted by atomic mass is 9.81. The van der Waals surface area contributed by atoms with Crippen LogP contribution < -0.4 is 4.72 Å². The summed E-state index contributed by atoms with van der Waals surface area (Å²) >= 11 is 0. The number of sulfonamides is 1. The van der Waals surface area contributed by atoms with Gasteiger partial charge in [0, 0.05) is 12.6 Å². The molecule has 0 spiro atoms. The largest absolute Gasteiger partial charge is 0.389 e. The van der Waals surface area contributed by atoms with Gasteiger partial charge in [0.05, 0.1) is 5.60 Å². The highest BCUT2D eigenvalue weighted by Crippen LogP contribution is 2.31. The second kappa shape index (κ2) is 4.56. The standard InChI is InChI=1S/C11H13F2NO3S/c12-8-2-3-10(9(13)6-8)18(16,17)14-7-11(15)4-1-5-11/h2-3,6,14-15H,1,4-5,7H2. The molecule has 4 nitrogen and oxygen atoms in total. The third-order valence-corrected chi connectivity index (χ3v) is 4.49. The van der Waals surface area contributed by atoms with Crippen molar-refractivity contribution in [3.05, 3.63) is 29.8 Å². The van der Waals surface area contributed by atoms with Crippen molar-refractivity contribution in [3.63, 3.8) is 0 Å². The first-order valence-electron chi connectivity index (χ1n) is 5.50. The molecular weight excluding hydrogens is 264 g/mol. The molecule has 0 atom stereocenters. The van der Waals surface area contributed by atoms with Gasteiger partial charge in [-0.05, 0) is 31.4 Å². The zero-order chi connectivity index (χ0) is 13.4. The monoisotopic (exact) mass is 277 g/mol. The molecule has 2 rings (SSSR count). The molecule has 1 saturated carbocycles. The topological polar surface area (TPSA) is 66.4 Å². The van der Waals surface area contributed by atoms with E-state index in [1.807, 2.05) is 0 Å². The Balaban J connectivity index is 2.15. The molecule has 1 fully saturated rings. The van der Waals surface area contributed by atoms with Gasteiger partial charge in [0.2, 0.25) is 10.0 Å². The Morgan fingerprint density at radius 2 is 2.00 bits per heavy atom. The first-order chi connectivity index (χ1) is 8.32. The maximum Gasteiger partial charge on any atom is 0.243 e. The van der Waals surface area contributed by atoms with E-state index in [0.29, 0.717) is 18.9 Å². The first-order valence-corrected chi connectivity index (χ1v) is 6.98. The van der Waals surface area contributed by atoms with E-state index in [0.717, 1.165) is 18.6 Å². The van der Waals surface area contributed by atoms with Crippen LogP contribution in [0.5, 0.6) is 0 Å². The van der Waals surface area contributed by atoms with E-state index < -0.39 is 32.2 Å². The van der Waals surface area contributed by atoms with Crippen molar-refractivity contribution in [2.24, 2.45) is 0 Å². The maximum atomic E-state index is 13.3. The molecule has 1 aliphatic rings. The van der Waals surface area contributed by atoms with Gasteiger partial charge in [0.15, 0.2) is 0 Å². The van der Waals surface area contributed by atoms with Crippen molar-refractivity contribution in [2.45, 2.75) is 29.8 Å². The number of halogens is 2. The van der Waals surface area contributed by atoms with E-state index in [1.54, 1.807) is 0 Å². The summed E-state index contributed by atoms with van der Waals surface area (Å²) in [4.78, 5) is -0.619. The van der Waals surface area contributed by atoms with Crippen molar-refractivity contribution >= 4 is 10.0 Å². The third-order valence-electron chi connectivity index (χ3n) is 3.06. The third kappa shape index (κ3) is 2.68. The van der Waals surface area contributed by atoms with Gasteiger partial charge in [-0.1, -0.05) is 0 Å². The average Bonchev–Trinajstić information content (AvgIpc) is 2.23. The van der Waals surface area contributed by atoms with E-state index in [2.05, 4.69) is 4.72 Å². The minimum Gasteiger partial charge on any atom is -0.389 e. The normalized spacial score (nSPS) is 18.4. The smallest absolute Gasteiger partial charge is 0.243 e. The molecule has 2 N–H and O–H groups in total. The van der Waals surface area contributed by atoms with Crippen LogP contribution in [0.4, 0.5) is 8.78 Å². The fourth-order valence-corrected chi connectivity index (χ4v) is 2.94. The second-order valence-corrected chi connectivity index (χ2v) is 6.21. The summed E-state index contributed by atoms with van der Waals surface area (Å²) in [6, 6.07) is 2.24. The Bertz CT molecular complexity index is 555. The molecule has 0 aliphatic heterocycles. The molecule has 0 saturated heterocycles. The summed E-state index contributed by atoms with van der Waals surface area (Å²) in [6.07, 6.45) is 1.87. The molecule has 100 valence electrons. The Kier molecular flexibility index (Phi) is 3.39. The van der Waals surface area contributed by atoms with Gasteiger partial charge in [-0.3, -0.25) is 0 Å². The van der Waals surface area contributed by atoms with Gasteiger partial charge in [-0.2, -0.15) is 0 Å². The van der Waals surface area contributed by atoms with Crippen LogP contribution in [0.2, 0.25) is 0 Å². The molecular formula is C11H13F2NO3S. The van der Waals surface area contributed by atoms with E-state index >= 15 is 0 Å².